The molecule has 1 heterocycles. The number of carboxylic acids is 1. The molecule has 1 N–H and O–H groups in total. The van der Waals surface area contributed by atoms with Crippen LogP contribution in [-0.2, 0) is 5.75 Å². The lowest BCUT2D eigenvalue weighted by Crippen LogP contribution is -2.08. The number of hydrogen-bond acceptors (Lipinski definition) is 5. The number of carbonyl (C=O) groups is 1. The van der Waals surface area contributed by atoms with Crippen LogP contribution in [0.15, 0.2) is 83.2 Å². The first kappa shape index (κ1) is 17.6. The van der Waals surface area contributed by atoms with Gasteiger partial charge in [0.2, 0.25) is 0 Å². The van der Waals surface area contributed by atoms with Crippen LogP contribution in [0.1, 0.15) is 15.9 Å². The fourth-order valence-electron chi connectivity index (χ4n) is 2.34. The molecule has 0 aliphatic rings. The minimum atomic E-state index is -1.06. The van der Waals surface area contributed by atoms with Gasteiger partial charge in [0.05, 0.1) is 22.2 Å². The summed E-state index contributed by atoms with van der Waals surface area (Å²) in [6, 6.07) is 17.4. The van der Waals surface area contributed by atoms with E-state index in [-0.39, 0.29) is 5.56 Å². The first-order valence-electron chi connectivity index (χ1n) is 7.76. The third kappa shape index (κ3) is 4.25. The number of aromatic carboxylic acids is 1. The van der Waals surface area contributed by atoms with Crippen LogP contribution >= 0.6 is 11.8 Å². The van der Waals surface area contributed by atoms with Gasteiger partial charge in [0, 0.05) is 23.0 Å². The second kappa shape index (κ2) is 8.26. The zero-order chi connectivity index (χ0) is 18.4. The smallest absolute Gasteiger partial charge is 0.335 e. The minimum absolute atomic E-state index is 0.0978. The predicted molar refractivity (Wildman–Crippen MR) is 102 cm³/mol. The molecule has 3 rings (SSSR count). The fraction of sp³-hybridized carbons (Fsp3) is 0.0526. The average Bonchev–Trinajstić information content (AvgIpc) is 2.69. The van der Waals surface area contributed by atoms with Gasteiger partial charge in [-0.1, -0.05) is 6.07 Å². The third-order valence-electron chi connectivity index (χ3n) is 3.66. The molecule has 0 aliphatic carbocycles. The van der Waals surface area contributed by atoms with Crippen LogP contribution < -0.4 is 5.01 Å². The van der Waals surface area contributed by atoms with Crippen molar-refractivity contribution in [1.82, 2.24) is 4.98 Å². The lowest BCUT2D eigenvalue weighted by atomic mass is 10.2. The standard InChI is InChI=1S/C19H15N3O3S/c23-19(24)15-2-1-3-17(12-15)22(21-25)16-4-6-18(7-5-16)26-13-14-8-10-20-11-9-14/h1-12H,13H2,(H,23,24). The Bertz CT molecular complexity index is 901. The van der Waals surface area contributed by atoms with Crippen molar-refractivity contribution in [3.63, 3.8) is 0 Å². The van der Waals surface area contributed by atoms with Crippen molar-refractivity contribution < 1.29 is 9.90 Å². The molecule has 0 amide bonds. The molecule has 0 fully saturated rings. The number of nitrogens with zero attached hydrogens (tertiary/aromatic N) is 3. The van der Waals surface area contributed by atoms with Crippen LogP contribution in [0, 0.1) is 4.91 Å². The third-order valence-corrected chi connectivity index (χ3v) is 4.74. The largest absolute Gasteiger partial charge is 0.478 e. The van der Waals surface area contributed by atoms with E-state index in [1.807, 2.05) is 24.3 Å². The molecule has 0 atom stereocenters. The van der Waals surface area contributed by atoms with E-state index < -0.39 is 5.97 Å². The summed E-state index contributed by atoms with van der Waals surface area (Å²) in [6.07, 6.45) is 3.52. The number of benzene rings is 2. The van der Waals surface area contributed by atoms with E-state index in [4.69, 9.17) is 5.11 Å². The second-order valence-corrected chi connectivity index (χ2v) is 6.44. The summed E-state index contributed by atoms with van der Waals surface area (Å²) in [5, 5.41) is 13.3. The Kier molecular flexibility index (Phi) is 5.60. The van der Waals surface area contributed by atoms with Crippen LogP contribution in [0.2, 0.25) is 0 Å². The Morgan fingerprint density at radius 2 is 1.77 bits per heavy atom. The molecule has 1 aromatic heterocycles. The van der Waals surface area contributed by atoms with Gasteiger partial charge >= 0.3 is 5.97 Å². The van der Waals surface area contributed by atoms with E-state index in [1.54, 1.807) is 48.4 Å². The molecule has 2 aromatic carbocycles. The maximum Gasteiger partial charge on any atom is 0.335 e. The van der Waals surface area contributed by atoms with Crippen molar-refractivity contribution >= 4 is 29.1 Å². The zero-order valence-electron chi connectivity index (χ0n) is 13.6. The van der Waals surface area contributed by atoms with Crippen LogP contribution in [0.3, 0.4) is 0 Å². The summed E-state index contributed by atoms with van der Waals surface area (Å²) in [7, 11) is 0. The van der Waals surface area contributed by atoms with Gasteiger partial charge in [-0.3, -0.25) is 4.98 Å². The van der Waals surface area contributed by atoms with E-state index in [2.05, 4.69) is 10.3 Å². The van der Waals surface area contributed by atoms with Crippen molar-refractivity contribution in [3.8, 4) is 0 Å². The van der Waals surface area contributed by atoms with E-state index in [9.17, 15) is 9.70 Å². The van der Waals surface area contributed by atoms with Gasteiger partial charge in [0.25, 0.3) is 0 Å². The van der Waals surface area contributed by atoms with E-state index in [0.29, 0.717) is 11.4 Å². The molecule has 0 saturated carbocycles. The van der Waals surface area contributed by atoms with Crippen molar-refractivity contribution in [1.29, 1.82) is 0 Å². The zero-order valence-corrected chi connectivity index (χ0v) is 14.5. The van der Waals surface area contributed by atoms with Gasteiger partial charge in [-0.25, -0.2) is 4.79 Å². The average molecular weight is 365 g/mol. The number of aromatic nitrogens is 1. The van der Waals surface area contributed by atoms with Crippen molar-refractivity contribution in [2.45, 2.75) is 10.6 Å². The highest BCUT2D eigenvalue weighted by atomic mass is 32.2. The molecule has 0 spiro atoms. The highest BCUT2D eigenvalue weighted by Crippen LogP contribution is 2.30. The van der Waals surface area contributed by atoms with Gasteiger partial charge in [-0.2, -0.15) is 5.01 Å². The molecule has 3 aromatic rings. The molecule has 0 radical (unpaired) electrons. The Morgan fingerprint density at radius 3 is 2.42 bits per heavy atom. The molecule has 0 bridgehead atoms. The molecule has 7 heteroatoms. The molecule has 6 nitrogen and oxygen atoms in total. The maximum absolute atomic E-state index is 11.3. The lowest BCUT2D eigenvalue weighted by molar-refractivity contribution is 0.0697. The monoisotopic (exact) mass is 365 g/mol. The molecule has 0 unspecified atom stereocenters. The number of anilines is 2. The first-order chi connectivity index (χ1) is 12.7. The lowest BCUT2D eigenvalue weighted by Gasteiger charge is -2.16. The van der Waals surface area contributed by atoms with Gasteiger partial charge in [0.1, 0.15) is 0 Å². The van der Waals surface area contributed by atoms with Crippen LogP contribution in [0.25, 0.3) is 0 Å². The quantitative estimate of drug-likeness (QED) is 0.364. The Hall–Kier alpha value is -3.19. The number of rotatable bonds is 7. The summed E-state index contributed by atoms with van der Waals surface area (Å²) in [5.74, 6) is -0.237. The number of pyridine rings is 1. The topological polar surface area (TPSA) is 82.9 Å². The summed E-state index contributed by atoms with van der Waals surface area (Å²) >= 11 is 1.67. The molecule has 26 heavy (non-hydrogen) atoms. The van der Waals surface area contributed by atoms with E-state index in [0.717, 1.165) is 10.6 Å². The summed E-state index contributed by atoms with van der Waals surface area (Å²) < 4.78 is 0. The fourth-order valence-corrected chi connectivity index (χ4v) is 3.20. The maximum atomic E-state index is 11.3. The Balaban J connectivity index is 1.74. The van der Waals surface area contributed by atoms with Gasteiger partial charge < -0.3 is 5.11 Å². The highest BCUT2D eigenvalue weighted by molar-refractivity contribution is 7.98. The molecule has 0 aliphatic heterocycles. The van der Waals surface area contributed by atoms with Gasteiger partial charge in [-0.15, -0.1) is 16.7 Å². The minimum Gasteiger partial charge on any atom is -0.478 e. The number of hydrogen-bond donors (Lipinski definition) is 1. The van der Waals surface area contributed by atoms with Crippen molar-refractivity contribution in [2.75, 3.05) is 5.01 Å². The Labute approximate surface area is 154 Å². The van der Waals surface area contributed by atoms with Crippen LogP contribution in [0.5, 0.6) is 0 Å². The highest BCUT2D eigenvalue weighted by Gasteiger charge is 2.12. The summed E-state index contributed by atoms with van der Waals surface area (Å²) in [5.41, 5.74) is 2.24. The molecular weight excluding hydrogens is 350 g/mol. The predicted octanol–water partition coefficient (Wildman–Crippen LogP) is 4.89. The van der Waals surface area contributed by atoms with E-state index >= 15 is 0 Å². The molecular formula is C19H15N3O3S. The normalized spacial score (nSPS) is 10.3. The first-order valence-corrected chi connectivity index (χ1v) is 8.74. The summed E-state index contributed by atoms with van der Waals surface area (Å²) in [4.78, 5) is 27.4. The second-order valence-electron chi connectivity index (χ2n) is 5.39. The number of nitroso groups, excluding NO2 is 1. The van der Waals surface area contributed by atoms with E-state index in [1.165, 1.54) is 22.7 Å². The van der Waals surface area contributed by atoms with Gasteiger partial charge in [0.15, 0.2) is 0 Å². The SMILES string of the molecule is O=NN(c1ccc(SCc2ccncc2)cc1)c1cccc(C(=O)O)c1. The van der Waals surface area contributed by atoms with Crippen molar-refractivity contribution in [2.24, 2.45) is 5.29 Å². The van der Waals surface area contributed by atoms with Crippen LogP contribution in [-0.4, -0.2) is 16.1 Å². The van der Waals surface area contributed by atoms with Crippen LogP contribution in [0.4, 0.5) is 11.4 Å². The summed E-state index contributed by atoms with van der Waals surface area (Å²) in [6.45, 7) is 0. The molecule has 130 valence electrons. The Morgan fingerprint density at radius 1 is 1.04 bits per heavy atom. The number of carboxylic acid groups (broad SMARTS) is 1. The molecule has 0 saturated heterocycles. The van der Waals surface area contributed by atoms with Gasteiger partial charge in [-0.05, 0) is 60.2 Å². The number of thioether (sulfide) groups is 1. The van der Waals surface area contributed by atoms with Crippen molar-refractivity contribution in [3.05, 3.63) is 89.1 Å².